The average molecular weight is 367 g/mol. The number of halogens is 1. The zero-order valence-electron chi connectivity index (χ0n) is 13.9. The van der Waals surface area contributed by atoms with Crippen molar-refractivity contribution in [1.82, 2.24) is 4.98 Å². The van der Waals surface area contributed by atoms with Gasteiger partial charge in [-0.15, -0.1) is 0 Å². The van der Waals surface area contributed by atoms with E-state index >= 15 is 0 Å². The Bertz CT molecular complexity index is 755. The predicted molar refractivity (Wildman–Crippen MR) is 97.8 cm³/mol. The monoisotopic (exact) mass is 366 g/mol. The summed E-state index contributed by atoms with van der Waals surface area (Å²) >= 11 is 5.84. The molecule has 0 radical (unpaired) electrons. The lowest BCUT2D eigenvalue weighted by molar-refractivity contribution is 0.383. The second-order valence-electron chi connectivity index (χ2n) is 5.90. The van der Waals surface area contributed by atoms with Crippen molar-refractivity contribution >= 4 is 28.8 Å². The number of hydrogen-bond donors (Lipinski definition) is 0. The molecule has 1 aromatic heterocycles. The standard InChI is InChI=1S/C17H19ClN2O3S/c1-17(2,3)24(21)19-11-12-5-10-15(20-16(12)22-4)23-14-8-6-13(18)7-9-14/h5-11H,1-4H3/b19-11+. The van der Waals surface area contributed by atoms with Gasteiger partial charge in [-0.1, -0.05) is 11.6 Å². The molecule has 0 saturated carbocycles. The Labute approximate surface area is 149 Å². The number of ether oxygens (including phenoxy) is 2. The first-order valence-corrected chi connectivity index (χ1v) is 8.72. The molecule has 0 aliphatic rings. The third kappa shape index (κ3) is 5.04. The lowest BCUT2D eigenvalue weighted by atomic mass is 10.3. The molecular formula is C17H19ClN2O3S. The second-order valence-corrected chi connectivity index (χ2v) is 8.27. The molecule has 5 nitrogen and oxygen atoms in total. The van der Waals surface area contributed by atoms with Gasteiger partial charge in [0.25, 0.3) is 0 Å². The molecular weight excluding hydrogens is 348 g/mol. The number of methoxy groups -OCH3 is 1. The summed E-state index contributed by atoms with van der Waals surface area (Å²) in [6.45, 7) is 5.58. The summed E-state index contributed by atoms with van der Waals surface area (Å²) < 4.78 is 26.6. The van der Waals surface area contributed by atoms with Crippen LogP contribution in [-0.2, 0) is 11.0 Å². The molecule has 7 heteroatoms. The summed E-state index contributed by atoms with van der Waals surface area (Å²) in [4.78, 5) is 4.28. The Morgan fingerprint density at radius 2 is 1.83 bits per heavy atom. The summed E-state index contributed by atoms with van der Waals surface area (Å²) in [5.74, 6) is 1.34. The van der Waals surface area contributed by atoms with E-state index in [2.05, 4.69) is 9.38 Å². The average Bonchev–Trinajstić information content (AvgIpc) is 2.54. The van der Waals surface area contributed by atoms with Crippen LogP contribution in [0, 0.1) is 0 Å². The number of hydrogen-bond acceptors (Lipinski definition) is 4. The molecule has 24 heavy (non-hydrogen) atoms. The van der Waals surface area contributed by atoms with Gasteiger partial charge in [0.05, 0.1) is 23.6 Å². The van der Waals surface area contributed by atoms with Crippen LogP contribution in [0.3, 0.4) is 0 Å². The molecule has 0 fully saturated rings. The molecule has 0 spiro atoms. The lowest BCUT2D eigenvalue weighted by Gasteiger charge is -2.13. The third-order valence-electron chi connectivity index (χ3n) is 2.90. The molecule has 0 bridgehead atoms. The van der Waals surface area contributed by atoms with Crippen LogP contribution < -0.4 is 9.47 Å². The third-order valence-corrected chi connectivity index (χ3v) is 4.50. The van der Waals surface area contributed by atoms with Crippen molar-refractivity contribution in [3.63, 3.8) is 0 Å². The van der Waals surface area contributed by atoms with Crippen molar-refractivity contribution in [3.8, 4) is 17.5 Å². The maximum atomic E-state index is 12.0. The van der Waals surface area contributed by atoms with Gasteiger partial charge in [0, 0.05) is 11.1 Å². The highest BCUT2D eigenvalue weighted by molar-refractivity contribution is 7.85. The maximum absolute atomic E-state index is 12.0. The van der Waals surface area contributed by atoms with E-state index in [4.69, 9.17) is 21.1 Å². The molecule has 2 aromatic rings. The molecule has 0 amide bonds. The summed E-state index contributed by atoms with van der Waals surface area (Å²) in [5, 5.41) is 0.631. The van der Waals surface area contributed by atoms with Crippen LogP contribution in [0.2, 0.25) is 5.02 Å². The van der Waals surface area contributed by atoms with Crippen LogP contribution in [-0.4, -0.2) is 27.3 Å². The van der Waals surface area contributed by atoms with Crippen LogP contribution in [0.25, 0.3) is 0 Å². The van der Waals surface area contributed by atoms with Crippen LogP contribution >= 0.6 is 11.6 Å². The maximum Gasteiger partial charge on any atom is 0.225 e. The van der Waals surface area contributed by atoms with Gasteiger partial charge in [0.15, 0.2) is 0 Å². The lowest BCUT2D eigenvalue weighted by Crippen LogP contribution is -2.19. The summed E-state index contributed by atoms with van der Waals surface area (Å²) in [5.41, 5.74) is 0.624. The Morgan fingerprint density at radius 3 is 2.42 bits per heavy atom. The van der Waals surface area contributed by atoms with Crippen molar-refractivity contribution in [2.24, 2.45) is 4.40 Å². The van der Waals surface area contributed by atoms with E-state index < -0.39 is 15.7 Å². The van der Waals surface area contributed by atoms with Gasteiger partial charge in [0.2, 0.25) is 11.8 Å². The van der Waals surface area contributed by atoms with Gasteiger partial charge in [0.1, 0.15) is 16.7 Å². The summed E-state index contributed by atoms with van der Waals surface area (Å²) in [6.07, 6.45) is 1.50. The van der Waals surface area contributed by atoms with Gasteiger partial charge in [-0.05, 0) is 51.1 Å². The summed E-state index contributed by atoms with van der Waals surface area (Å²) in [6, 6.07) is 10.4. The largest absolute Gasteiger partial charge is 0.480 e. The second kappa shape index (κ2) is 7.77. The van der Waals surface area contributed by atoms with Gasteiger partial charge < -0.3 is 9.47 Å². The molecule has 0 N–H and O–H groups in total. The topological polar surface area (TPSA) is 60.8 Å². The zero-order chi connectivity index (χ0) is 17.7. The van der Waals surface area contributed by atoms with Gasteiger partial charge in [-0.25, -0.2) is 4.21 Å². The molecule has 2 rings (SSSR count). The zero-order valence-corrected chi connectivity index (χ0v) is 15.5. The first kappa shape index (κ1) is 18.4. The molecule has 1 unspecified atom stereocenters. The fourth-order valence-electron chi connectivity index (χ4n) is 1.64. The molecule has 0 aliphatic heterocycles. The normalized spacial score (nSPS) is 13.0. The number of nitrogens with zero attached hydrogens (tertiary/aromatic N) is 2. The number of pyridine rings is 1. The van der Waals surface area contributed by atoms with E-state index in [1.807, 2.05) is 20.8 Å². The number of benzene rings is 1. The van der Waals surface area contributed by atoms with Crippen LogP contribution in [0.15, 0.2) is 40.8 Å². The molecule has 0 saturated heterocycles. The predicted octanol–water partition coefficient (Wildman–Crippen LogP) is 4.42. The first-order chi connectivity index (χ1) is 11.3. The highest BCUT2D eigenvalue weighted by atomic mass is 35.5. The fourth-order valence-corrected chi connectivity index (χ4v) is 2.29. The minimum Gasteiger partial charge on any atom is -0.480 e. The Morgan fingerprint density at radius 1 is 1.17 bits per heavy atom. The van der Waals surface area contributed by atoms with Crippen LogP contribution in [0.4, 0.5) is 0 Å². The molecule has 1 atom stereocenters. The SMILES string of the molecule is COc1nc(Oc2ccc(Cl)cc2)ccc1/C=N/S(=O)C(C)(C)C. The minimum atomic E-state index is -1.34. The van der Waals surface area contributed by atoms with Crippen molar-refractivity contribution in [1.29, 1.82) is 0 Å². The van der Waals surface area contributed by atoms with Crippen LogP contribution in [0.5, 0.6) is 17.5 Å². The van der Waals surface area contributed by atoms with Crippen molar-refractivity contribution in [2.45, 2.75) is 25.5 Å². The van der Waals surface area contributed by atoms with Gasteiger partial charge >= 0.3 is 0 Å². The molecule has 0 aliphatic carbocycles. The molecule has 1 aromatic carbocycles. The fraction of sp³-hybridized carbons (Fsp3) is 0.294. The highest BCUT2D eigenvalue weighted by Gasteiger charge is 2.18. The molecule has 128 valence electrons. The van der Waals surface area contributed by atoms with E-state index in [9.17, 15) is 4.21 Å². The Kier molecular flexibility index (Phi) is 5.96. The van der Waals surface area contributed by atoms with E-state index in [1.54, 1.807) is 36.4 Å². The van der Waals surface area contributed by atoms with Crippen LogP contribution in [0.1, 0.15) is 26.3 Å². The van der Waals surface area contributed by atoms with E-state index in [1.165, 1.54) is 13.3 Å². The van der Waals surface area contributed by atoms with Gasteiger partial charge in [-0.2, -0.15) is 9.38 Å². The van der Waals surface area contributed by atoms with Crippen molar-refractivity contribution in [2.75, 3.05) is 7.11 Å². The number of aromatic nitrogens is 1. The highest BCUT2D eigenvalue weighted by Crippen LogP contribution is 2.25. The quantitative estimate of drug-likeness (QED) is 0.735. The Hall–Kier alpha value is -1.92. The van der Waals surface area contributed by atoms with E-state index in [-0.39, 0.29) is 0 Å². The first-order valence-electron chi connectivity index (χ1n) is 7.24. The minimum absolute atomic E-state index is 0.344. The molecule has 1 heterocycles. The summed E-state index contributed by atoms with van der Waals surface area (Å²) in [7, 11) is 0.162. The van der Waals surface area contributed by atoms with Crippen molar-refractivity contribution < 1.29 is 13.7 Å². The Balaban J connectivity index is 2.19. The van der Waals surface area contributed by atoms with Gasteiger partial charge in [-0.3, -0.25) is 0 Å². The van der Waals surface area contributed by atoms with Crippen molar-refractivity contribution in [3.05, 3.63) is 47.0 Å². The van der Waals surface area contributed by atoms with E-state index in [0.717, 1.165) is 0 Å². The number of rotatable bonds is 5. The van der Waals surface area contributed by atoms with E-state index in [0.29, 0.717) is 28.1 Å². The smallest absolute Gasteiger partial charge is 0.225 e.